The Morgan fingerprint density at radius 2 is 1.40 bits per heavy atom. The fourth-order valence-electron chi connectivity index (χ4n) is 5.28. The number of hydrogen-bond donors (Lipinski definition) is 2. The van der Waals surface area contributed by atoms with Crippen LogP contribution in [0.1, 0.15) is 48.5 Å². The summed E-state index contributed by atoms with van der Waals surface area (Å²) < 4.78 is 104. The summed E-state index contributed by atoms with van der Waals surface area (Å²) in [6.07, 6.45) is 1.26. The van der Waals surface area contributed by atoms with Crippen LogP contribution in [0.5, 0.6) is 0 Å². The molecule has 21 nitrogen and oxygen atoms in total. The van der Waals surface area contributed by atoms with Crippen LogP contribution in [0.2, 0.25) is 10.0 Å². The molecule has 0 saturated carbocycles. The van der Waals surface area contributed by atoms with E-state index in [0.717, 1.165) is 23.0 Å². The number of hydrogen-bond acceptors (Lipinski definition) is 18. The third kappa shape index (κ3) is 20.1. The van der Waals surface area contributed by atoms with Gasteiger partial charge in [-0.15, -0.1) is 10.2 Å². The number of carbonyl (C=O) groups is 3. The predicted octanol–water partition coefficient (Wildman–Crippen LogP) is -8.84. The summed E-state index contributed by atoms with van der Waals surface area (Å²) in [4.78, 5) is 35.9. The van der Waals surface area contributed by atoms with Crippen LogP contribution in [0.15, 0.2) is 74.7 Å². The third-order valence-corrected chi connectivity index (χ3v) is 10.9. The SMILES string of the molecule is CC(=O)Nc1cc(N(CCCCS(=O)(=O)[O-])CCCC(=O)[O-])ccc1N=Nc1c(C#N)cnn1-c1c(Cl)cc(C(=O)Nc2cc(S(=O)(=O)[O-])cc(S(=O)(=O)[O-])c2)cc1Cl.[K+].[K+].[K+].[K+]. The summed E-state index contributed by atoms with van der Waals surface area (Å²) in [7, 11) is -15.0. The van der Waals surface area contributed by atoms with Crippen molar-refractivity contribution in [3.05, 3.63) is 75.9 Å². The molecule has 314 valence electrons. The third-order valence-electron chi connectivity index (χ3n) is 7.86. The van der Waals surface area contributed by atoms with Gasteiger partial charge in [-0.1, -0.05) is 23.2 Å². The van der Waals surface area contributed by atoms with Gasteiger partial charge in [-0.2, -0.15) is 10.4 Å². The van der Waals surface area contributed by atoms with Crippen molar-refractivity contribution >= 4 is 99.9 Å². The number of anilines is 3. The Labute approximate surface area is 542 Å². The van der Waals surface area contributed by atoms with Crippen molar-refractivity contribution in [3.63, 3.8) is 0 Å². The number of carboxylic acid groups (broad SMARTS) is 1. The molecular formula is C33H28Cl2K4N8O13S3. The molecule has 0 fully saturated rings. The van der Waals surface area contributed by atoms with E-state index >= 15 is 0 Å². The number of unbranched alkanes of at least 4 members (excludes halogenated alkanes) is 1. The van der Waals surface area contributed by atoms with E-state index in [0.29, 0.717) is 23.9 Å². The van der Waals surface area contributed by atoms with Gasteiger partial charge in [0.05, 0.1) is 41.8 Å². The van der Waals surface area contributed by atoms with Gasteiger partial charge in [0.25, 0.3) is 5.91 Å². The number of azo groups is 1. The minimum atomic E-state index is -5.27. The Hall–Kier alpha value is 1.03. The van der Waals surface area contributed by atoms with Crippen molar-refractivity contribution in [2.75, 3.05) is 34.4 Å². The molecule has 0 aliphatic carbocycles. The van der Waals surface area contributed by atoms with Crippen LogP contribution >= 0.6 is 23.2 Å². The van der Waals surface area contributed by atoms with E-state index in [1.165, 1.54) is 19.1 Å². The van der Waals surface area contributed by atoms with Gasteiger partial charge < -0.3 is 39.1 Å². The number of aliphatic carboxylic acids is 1. The van der Waals surface area contributed by atoms with Crippen molar-refractivity contribution in [1.29, 1.82) is 5.26 Å². The van der Waals surface area contributed by atoms with Crippen molar-refractivity contribution in [2.45, 2.75) is 42.4 Å². The summed E-state index contributed by atoms with van der Waals surface area (Å²) in [6.45, 7) is 1.60. The summed E-state index contributed by atoms with van der Waals surface area (Å²) in [5.74, 6) is -3.67. The number of nitrogens with zero attached hydrogens (tertiary/aromatic N) is 6. The minimum Gasteiger partial charge on any atom is -0.748 e. The molecule has 0 atom stereocenters. The molecule has 0 aliphatic rings. The number of rotatable bonds is 18. The zero-order valence-corrected chi connectivity index (χ0v) is 50.6. The molecule has 0 aliphatic heterocycles. The van der Waals surface area contributed by atoms with Crippen LogP contribution in [-0.4, -0.2) is 85.3 Å². The number of carbonyl (C=O) groups excluding carboxylic acids is 3. The monoisotopic (exact) mass is 1070 g/mol. The van der Waals surface area contributed by atoms with Crippen LogP contribution in [0, 0.1) is 11.3 Å². The molecule has 0 spiro atoms. The number of halogens is 2. The largest absolute Gasteiger partial charge is 1.00 e. The van der Waals surface area contributed by atoms with Gasteiger partial charge in [-0.05, 0) is 74.2 Å². The van der Waals surface area contributed by atoms with Gasteiger partial charge in [0.2, 0.25) is 5.91 Å². The molecule has 1 aromatic heterocycles. The number of nitriles is 1. The Morgan fingerprint density at radius 3 is 1.90 bits per heavy atom. The second kappa shape index (κ2) is 28.6. The Bertz CT molecular complexity index is 2670. The van der Waals surface area contributed by atoms with Gasteiger partial charge in [0, 0.05) is 48.7 Å². The number of aromatic nitrogens is 2. The smallest absolute Gasteiger partial charge is 0.748 e. The number of amides is 2. The first-order chi connectivity index (χ1) is 27.5. The zero-order valence-electron chi connectivity index (χ0n) is 34.1. The first-order valence-corrected chi connectivity index (χ1v) is 21.7. The number of benzene rings is 3. The summed E-state index contributed by atoms with van der Waals surface area (Å²) in [5.41, 5.74) is -0.467. The molecule has 63 heavy (non-hydrogen) atoms. The van der Waals surface area contributed by atoms with Crippen LogP contribution in [0.3, 0.4) is 0 Å². The summed E-state index contributed by atoms with van der Waals surface area (Å²) in [5, 5.41) is 37.6. The van der Waals surface area contributed by atoms with Crippen molar-refractivity contribution in [3.8, 4) is 11.8 Å². The predicted molar refractivity (Wildman–Crippen MR) is 204 cm³/mol. The van der Waals surface area contributed by atoms with Crippen LogP contribution < -0.4 is 226 Å². The average molecular weight is 1070 g/mol. The van der Waals surface area contributed by atoms with E-state index < -0.39 is 69.4 Å². The Kier molecular flexibility index (Phi) is 29.1. The fraction of sp³-hybridized carbons (Fsp3) is 0.242. The molecule has 4 aromatic rings. The second-order valence-corrected chi connectivity index (χ2v) is 17.4. The molecule has 0 saturated heterocycles. The Morgan fingerprint density at radius 1 is 0.825 bits per heavy atom. The topological polar surface area (TPSA) is 340 Å². The second-order valence-electron chi connectivity index (χ2n) is 12.3. The van der Waals surface area contributed by atoms with E-state index in [-0.39, 0.29) is 288 Å². The summed E-state index contributed by atoms with van der Waals surface area (Å²) in [6, 6.07) is 10.1. The van der Waals surface area contributed by atoms with E-state index in [9.17, 15) is 63.7 Å². The Balaban J connectivity index is 0.00000961. The first-order valence-electron chi connectivity index (χ1n) is 16.5. The first kappa shape index (κ1) is 64.0. The molecule has 2 N–H and O–H groups in total. The van der Waals surface area contributed by atoms with Crippen molar-refractivity contribution in [1.82, 2.24) is 9.78 Å². The van der Waals surface area contributed by atoms with Crippen LogP contribution in [-0.2, 0) is 39.9 Å². The molecule has 0 unspecified atom stereocenters. The number of nitrogens with one attached hydrogen (secondary N) is 2. The van der Waals surface area contributed by atoms with Gasteiger partial charge >= 0.3 is 206 Å². The molecule has 3 aromatic carbocycles. The molecule has 0 bridgehead atoms. The fourth-order valence-corrected chi connectivity index (χ4v) is 7.64. The standard InChI is InChI=1S/C33H32Cl2N8O13S3.4K/c1-19(44)38-29-15-23(42(9-4-5-30(45)46)8-2-3-10-57(48,49)50)6-7-28(29)40-41-32-21(17-36)18-37-43(32)31-26(34)11-20(12-27(31)35)33(47)39-22-13-24(58(51,52)53)16-25(14-22)59(54,55)56;;;;/h6-7,11-16,18H,2-5,8-10H2,1H3,(H,38,44)(H,39,47)(H,45,46)(H,48,49,50)(H,51,52,53)(H,54,55,56);;;;/q;4*+1/p-4. The minimum absolute atomic E-state index is 0. The van der Waals surface area contributed by atoms with Crippen molar-refractivity contribution < 1.29 is 264 Å². The van der Waals surface area contributed by atoms with Crippen LogP contribution in [0.4, 0.5) is 28.6 Å². The van der Waals surface area contributed by atoms with Gasteiger partial charge in [0.15, 0.2) is 5.82 Å². The van der Waals surface area contributed by atoms with Gasteiger partial charge in [-0.25, -0.2) is 29.9 Å². The summed E-state index contributed by atoms with van der Waals surface area (Å²) >= 11 is 13.0. The van der Waals surface area contributed by atoms with Gasteiger partial charge in [0.1, 0.15) is 43.2 Å². The van der Waals surface area contributed by atoms with E-state index in [1.807, 2.05) is 6.07 Å². The maximum absolute atomic E-state index is 13.1. The normalized spacial score (nSPS) is 11.2. The molecular weight excluding hydrogens is 1040 g/mol. The maximum Gasteiger partial charge on any atom is 1.00 e. The van der Waals surface area contributed by atoms with E-state index in [4.69, 9.17) is 23.2 Å². The van der Waals surface area contributed by atoms with Gasteiger partial charge in [-0.3, -0.25) is 9.59 Å². The molecule has 4 rings (SSSR count). The molecule has 30 heteroatoms. The van der Waals surface area contributed by atoms with E-state index in [1.54, 1.807) is 11.0 Å². The number of carboxylic acids is 1. The quantitative estimate of drug-likeness (QED) is 0.0404. The molecule has 0 radical (unpaired) electrons. The van der Waals surface area contributed by atoms with Crippen molar-refractivity contribution in [2.24, 2.45) is 10.2 Å². The van der Waals surface area contributed by atoms with E-state index in [2.05, 4.69) is 26.0 Å². The maximum atomic E-state index is 13.1. The zero-order chi connectivity index (χ0) is 43.9. The molecule has 2 amide bonds. The van der Waals surface area contributed by atoms with Crippen LogP contribution in [0.25, 0.3) is 5.69 Å². The molecule has 1 heterocycles. The average Bonchev–Trinajstić information content (AvgIpc) is 3.52.